The maximum absolute atomic E-state index is 12.2. The number of piperazine rings is 1. The molecule has 6 heteroatoms. The first kappa shape index (κ1) is 15.1. The number of nitrogens with zero attached hydrogens (tertiary/aromatic N) is 2. The van der Waals surface area contributed by atoms with Crippen molar-refractivity contribution in [3.8, 4) is 0 Å². The highest BCUT2D eigenvalue weighted by Crippen LogP contribution is 2.37. The molecule has 1 spiro atoms. The molecule has 0 aromatic heterocycles. The Morgan fingerprint density at radius 2 is 2.10 bits per heavy atom. The summed E-state index contributed by atoms with van der Waals surface area (Å²) in [7, 11) is 0. The van der Waals surface area contributed by atoms with Crippen LogP contribution in [0, 0.1) is 0 Å². The van der Waals surface area contributed by atoms with E-state index < -0.39 is 5.60 Å². The van der Waals surface area contributed by atoms with Crippen molar-refractivity contribution in [1.29, 1.82) is 0 Å². The molecule has 1 N–H and O–H groups in total. The van der Waals surface area contributed by atoms with Gasteiger partial charge in [0, 0.05) is 38.3 Å². The van der Waals surface area contributed by atoms with Gasteiger partial charge in [0.25, 0.3) is 0 Å². The van der Waals surface area contributed by atoms with Gasteiger partial charge in [0.2, 0.25) is 0 Å². The third-order valence-corrected chi connectivity index (χ3v) is 4.85. The smallest absolute Gasteiger partial charge is 0.410 e. The highest BCUT2D eigenvalue weighted by molar-refractivity contribution is 5.70. The van der Waals surface area contributed by atoms with Crippen LogP contribution in [0.4, 0.5) is 4.79 Å². The SMILES string of the molecule is C[C@H]1NC[C@H]2COCCN2C12CN(C(=O)OC(C)(C)C)C2. The first-order valence-electron chi connectivity index (χ1n) is 7.88. The van der Waals surface area contributed by atoms with Crippen molar-refractivity contribution in [2.45, 2.75) is 50.9 Å². The zero-order chi connectivity index (χ0) is 15.3. The van der Waals surface area contributed by atoms with Gasteiger partial charge in [-0.15, -0.1) is 0 Å². The fourth-order valence-corrected chi connectivity index (χ4v) is 3.69. The molecule has 3 aliphatic rings. The van der Waals surface area contributed by atoms with Crippen LogP contribution in [0.3, 0.4) is 0 Å². The number of ether oxygens (including phenoxy) is 2. The quantitative estimate of drug-likeness (QED) is 0.712. The zero-order valence-electron chi connectivity index (χ0n) is 13.5. The standard InChI is InChI=1S/C15H27N3O3/c1-11-15(18-5-6-20-8-12(18)7-16-11)9-17(10-15)13(19)21-14(2,3)4/h11-12,16H,5-10H2,1-4H3/t11-,12+/m1/s1. The van der Waals surface area contributed by atoms with Crippen molar-refractivity contribution in [2.24, 2.45) is 0 Å². The van der Waals surface area contributed by atoms with Crippen molar-refractivity contribution in [3.63, 3.8) is 0 Å². The minimum absolute atomic E-state index is 0.0452. The lowest BCUT2D eigenvalue weighted by atomic mass is 9.78. The first-order chi connectivity index (χ1) is 9.82. The second kappa shape index (κ2) is 5.11. The topological polar surface area (TPSA) is 54.0 Å². The van der Waals surface area contributed by atoms with E-state index in [4.69, 9.17) is 9.47 Å². The summed E-state index contributed by atoms with van der Waals surface area (Å²) in [5.41, 5.74) is -0.388. The molecule has 3 aliphatic heterocycles. The minimum Gasteiger partial charge on any atom is -0.444 e. The number of hydrogen-bond donors (Lipinski definition) is 1. The lowest BCUT2D eigenvalue weighted by molar-refractivity contribution is -0.150. The second-order valence-electron chi connectivity index (χ2n) is 7.49. The van der Waals surface area contributed by atoms with E-state index in [2.05, 4.69) is 17.1 Å². The molecule has 0 saturated carbocycles. The summed E-state index contributed by atoms with van der Waals surface area (Å²) in [5, 5.41) is 3.58. The molecule has 6 nitrogen and oxygen atoms in total. The average molecular weight is 297 g/mol. The van der Waals surface area contributed by atoms with Crippen LogP contribution >= 0.6 is 0 Å². The van der Waals surface area contributed by atoms with Crippen molar-refractivity contribution in [3.05, 3.63) is 0 Å². The van der Waals surface area contributed by atoms with Gasteiger partial charge in [0.1, 0.15) is 5.60 Å². The molecule has 0 aliphatic carbocycles. The number of fused-ring (bicyclic) bond motifs is 2. The molecular formula is C15H27N3O3. The molecule has 3 rings (SSSR count). The van der Waals surface area contributed by atoms with Crippen molar-refractivity contribution in [1.82, 2.24) is 15.1 Å². The van der Waals surface area contributed by atoms with Gasteiger partial charge in [-0.05, 0) is 27.7 Å². The van der Waals surface area contributed by atoms with Gasteiger partial charge in [0.15, 0.2) is 0 Å². The Balaban J connectivity index is 1.67. The van der Waals surface area contributed by atoms with E-state index in [-0.39, 0.29) is 11.6 Å². The van der Waals surface area contributed by atoms with E-state index in [1.54, 1.807) is 0 Å². The van der Waals surface area contributed by atoms with E-state index in [1.807, 2.05) is 25.7 Å². The van der Waals surface area contributed by atoms with Gasteiger partial charge >= 0.3 is 6.09 Å². The summed E-state index contributed by atoms with van der Waals surface area (Å²) >= 11 is 0. The summed E-state index contributed by atoms with van der Waals surface area (Å²) in [5.74, 6) is 0. The third kappa shape index (κ3) is 2.64. The zero-order valence-corrected chi connectivity index (χ0v) is 13.5. The third-order valence-electron chi connectivity index (χ3n) is 4.85. The summed E-state index contributed by atoms with van der Waals surface area (Å²) in [6, 6.07) is 0.807. The molecule has 1 amide bonds. The van der Waals surface area contributed by atoms with Crippen LogP contribution in [0.2, 0.25) is 0 Å². The molecule has 2 atom stereocenters. The first-order valence-corrected chi connectivity index (χ1v) is 7.88. The lowest BCUT2D eigenvalue weighted by Gasteiger charge is -2.63. The Bertz CT molecular complexity index is 415. The average Bonchev–Trinajstić information content (AvgIpc) is 2.34. The number of hydrogen-bond acceptors (Lipinski definition) is 5. The molecule has 0 bridgehead atoms. The molecule has 0 aromatic rings. The Kier molecular flexibility index (Phi) is 3.66. The fourth-order valence-electron chi connectivity index (χ4n) is 3.69. The summed E-state index contributed by atoms with van der Waals surface area (Å²) < 4.78 is 11.1. The van der Waals surface area contributed by atoms with Crippen molar-refractivity contribution in [2.75, 3.05) is 39.4 Å². The van der Waals surface area contributed by atoms with Crippen LogP contribution in [0.1, 0.15) is 27.7 Å². The summed E-state index contributed by atoms with van der Waals surface area (Å²) in [6.07, 6.45) is -0.198. The van der Waals surface area contributed by atoms with E-state index in [1.165, 1.54) is 0 Å². The Morgan fingerprint density at radius 1 is 1.38 bits per heavy atom. The van der Waals surface area contributed by atoms with Crippen LogP contribution in [-0.2, 0) is 9.47 Å². The van der Waals surface area contributed by atoms with Crippen LogP contribution < -0.4 is 5.32 Å². The van der Waals surface area contributed by atoms with E-state index in [0.29, 0.717) is 12.1 Å². The summed E-state index contributed by atoms with van der Waals surface area (Å²) in [6.45, 7) is 12.9. The number of morpholine rings is 1. The minimum atomic E-state index is -0.433. The molecule has 0 aromatic carbocycles. The van der Waals surface area contributed by atoms with E-state index in [9.17, 15) is 4.79 Å². The van der Waals surface area contributed by atoms with Gasteiger partial charge in [-0.25, -0.2) is 4.79 Å². The molecule has 120 valence electrons. The van der Waals surface area contributed by atoms with Crippen LogP contribution in [0.25, 0.3) is 0 Å². The van der Waals surface area contributed by atoms with E-state index in [0.717, 1.165) is 39.4 Å². The molecule has 0 unspecified atom stereocenters. The Labute approximate surface area is 126 Å². The van der Waals surface area contributed by atoms with Crippen LogP contribution in [0.5, 0.6) is 0 Å². The molecular weight excluding hydrogens is 270 g/mol. The molecule has 0 radical (unpaired) electrons. The van der Waals surface area contributed by atoms with Gasteiger partial charge in [-0.3, -0.25) is 4.90 Å². The monoisotopic (exact) mass is 297 g/mol. The Morgan fingerprint density at radius 3 is 2.76 bits per heavy atom. The molecule has 3 heterocycles. The highest BCUT2D eigenvalue weighted by Gasteiger charge is 2.57. The predicted molar refractivity (Wildman–Crippen MR) is 79.3 cm³/mol. The maximum atomic E-state index is 12.2. The van der Waals surface area contributed by atoms with Crippen molar-refractivity contribution < 1.29 is 14.3 Å². The normalized spacial score (nSPS) is 32.5. The highest BCUT2D eigenvalue weighted by atomic mass is 16.6. The largest absolute Gasteiger partial charge is 0.444 e. The number of nitrogens with one attached hydrogen (secondary N) is 1. The lowest BCUT2D eigenvalue weighted by Crippen LogP contribution is -2.83. The van der Waals surface area contributed by atoms with Gasteiger partial charge < -0.3 is 19.7 Å². The molecule has 21 heavy (non-hydrogen) atoms. The van der Waals surface area contributed by atoms with E-state index >= 15 is 0 Å². The number of carbonyl (C=O) groups is 1. The molecule has 3 fully saturated rings. The predicted octanol–water partition coefficient (Wildman–Crippen LogP) is 0.668. The van der Waals surface area contributed by atoms with Gasteiger partial charge in [-0.1, -0.05) is 0 Å². The van der Waals surface area contributed by atoms with Gasteiger partial charge in [-0.2, -0.15) is 0 Å². The summed E-state index contributed by atoms with van der Waals surface area (Å²) in [4.78, 5) is 16.5. The Hall–Kier alpha value is -0.850. The maximum Gasteiger partial charge on any atom is 0.410 e. The van der Waals surface area contributed by atoms with Crippen LogP contribution in [0.15, 0.2) is 0 Å². The molecule has 3 saturated heterocycles. The second-order valence-corrected chi connectivity index (χ2v) is 7.49. The number of carbonyl (C=O) groups excluding carboxylic acids is 1. The van der Waals surface area contributed by atoms with Crippen molar-refractivity contribution >= 4 is 6.09 Å². The fraction of sp³-hybridized carbons (Fsp3) is 0.933. The number of likely N-dealkylation sites (tertiary alicyclic amines) is 1. The van der Waals surface area contributed by atoms with Crippen LogP contribution in [-0.4, -0.2) is 78.5 Å². The number of amides is 1. The number of rotatable bonds is 0. The van der Waals surface area contributed by atoms with Gasteiger partial charge in [0.05, 0.1) is 18.8 Å².